The van der Waals surface area contributed by atoms with Crippen LogP contribution in [0.3, 0.4) is 0 Å². The number of esters is 1. The summed E-state index contributed by atoms with van der Waals surface area (Å²) >= 11 is 0. The third-order valence-electron chi connectivity index (χ3n) is 6.89. The van der Waals surface area contributed by atoms with Crippen LogP contribution in [0.1, 0.15) is 55.3 Å². The van der Waals surface area contributed by atoms with E-state index in [1.54, 1.807) is 55.5 Å². The van der Waals surface area contributed by atoms with Crippen LogP contribution in [-0.4, -0.2) is 63.2 Å². The smallest absolute Gasteiger partial charge is 0.338 e. The van der Waals surface area contributed by atoms with Gasteiger partial charge in [0, 0.05) is 5.92 Å². The van der Waals surface area contributed by atoms with Gasteiger partial charge in [0.1, 0.15) is 23.7 Å². The van der Waals surface area contributed by atoms with Crippen molar-refractivity contribution < 1.29 is 39.5 Å². The second-order valence-corrected chi connectivity index (χ2v) is 9.27. The lowest BCUT2D eigenvalue weighted by Crippen LogP contribution is -2.54. The van der Waals surface area contributed by atoms with Gasteiger partial charge in [-0.25, -0.2) is 4.79 Å². The molecule has 3 aromatic carbocycles. The Morgan fingerprint density at radius 2 is 1.67 bits per heavy atom. The molecule has 1 fully saturated rings. The molecule has 1 aliphatic carbocycles. The van der Waals surface area contributed by atoms with Crippen LogP contribution in [-0.2, 0) is 9.47 Å². The molecular weight excluding hydrogens is 464 g/mol. The molecule has 8 heteroatoms. The molecule has 0 radical (unpaired) electrons. The van der Waals surface area contributed by atoms with E-state index in [2.05, 4.69) is 0 Å². The van der Waals surface area contributed by atoms with Crippen molar-refractivity contribution in [3.05, 3.63) is 94.0 Å². The average molecular weight is 491 g/mol. The first-order chi connectivity index (χ1) is 17.3. The zero-order chi connectivity index (χ0) is 25.6. The Balaban J connectivity index is 1.41. The summed E-state index contributed by atoms with van der Waals surface area (Å²) in [4.78, 5) is 25.6. The number of benzene rings is 3. The first kappa shape index (κ1) is 24.0. The average Bonchev–Trinajstić information content (AvgIpc) is 2.85. The molecule has 0 amide bonds. The number of ether oxygens (including phenoxy) is 2. The molecule has 8 nitrogen and oxygen atoms in total. The van der Waals surface area contributed by atoms with Crippen LogP contribution in [0.25, 0.3) is 0 Å². The molecule has 5 rings (SSSR count). The number of aliphatic hydroxyl groups excluding tert-OH is 2. The zero-order valence-corrected chi connectivity index (χ0v) is 19.5. The van der Waals surface area contributed by atoms with Crippen molar-refractivity contribution in [2.24, 2.45) is 0 Å². The second kappa shape index (κ2) is 9.39. The molecular formula is C28H26O8. The molecule has 36 heavy (non-hydrogen) atoms. The summed E-state index contributed by atoms with van der Waals surface area (Å²) in [6, 6.07) is 16.4. The van der Waals surface area contributed by atoms with E-state index >= 15 is 0 Å². The van der Waals surface area contributed by atoms with Gasteiger partial charge in [0.05, 0.1) is 29.4 Å². The van der Waals surface area contributed by atoms with Crippen LogP contribution in [0.4, 0.5) is 0 Å². The van der Waals surface area contributed by atoms with Crippen molar-refractivity contribution in [3.8, 4) is 11.5 Å². The van der Waals surface area contributed by atoms with Crippen molar-refractivity contribution >= 4 is 11.8 Å². The number of hydrogen-bond acceptors (Lipinski definition) is 8. The van der Waals surface area contributed by atoms with Gasteiger partial charge in [-0.05, 0) is 54.3 Å². The number of carbonyl (C=O) groups excluding carboxylic acids is 2. The Morgan fingerprint density at radius 3 is 2.42 bits per heavy atom. The minimum absolute atomic E-state index is 0.0923. The predicted octanol–water partition coefficient (Wildman–Crippen LogP) is 2.82. The van der Waals surface area contributed by atoms with Gasteiger partial charge in [0.2, 0.25) is 5.78 Å². The van der Waals surface area contributed by atoms with Gasteiger partial charge >= 0.3 is 5.97 Å². The van der Waals surface area contributed by atoms with Gasteiger partial charge in [-0.2, -0.15) is 0 Å². The first-order valence-electron chi connectivity index (χ1n) is 11.7. The van der Waals surface area contributed by atoms with Crippen molar-refractivity contribution in [1.82, 2.24) is 0 Å². The molecule has 186 valence electrons. The molecule has 3 aromatic rings. The standard InChI is InChI=1S/C28H26O8/c1-14-10-18-17(16-8-5-9-19(29)23(16)27(33)24(18)20(30)11-14)12-21-25(31)26(32)22(13-35-21)36-28(34)15-6-3-2-4-7-15/h2-11,17,21-22,25-26,29-32H,12-13H2,1H3/t17-,21-,22-,25-,26-/m1/s1. The number of ketones is 1. The fourth-order valence-corrected chi connectivity index (χ4v) is 5.14. The van der Waals surface area contributed by atoms with E-state index in [0.29, 0.717) is 16.7 Å². The lowest BCUT2D eigenvalue weighted by Gasteiger charge is -2.39. The minimum atomic E-state index is -1.39. The summed E-state index contributed by atoms with van der Waals surface area (Å²) in [6.45, 7) is 1.66. The first-order valence-corrected chi connectivity index (χ1v) is 11.7. The van der Waals surface area contributed by atoms with Crippen molar-refractivity contribution in [2.75, 3.05) is 6.61 Å². The van der Waals surface area contributed by atoms with E-state index in [9.17, 15) is 30.0 Å². The van der Waals surface area contributed by atoms with Crippen molar-refractivity contribution in [3.63, 3.8) is 0 Å². The number of aryl methyl sites for hydroxylation is 1. The van der Waals surface area contributed by atoms with E-state index in [1.165, 1.54) is 12.1 Å². The highest BCUT2D eigenvalue weighted by atomic mass is 16.6. The maximum absolute atomic E-state index is 13.2. The maximum atomic E-state index is 13.2. The molecule has 1 aliphatic heterocycles. The zero-order valence-electron chi connectivity index (χ0n) is 19.5. The van der Waals surface area contributed by atoms with Gasteiger partial charge < -0.3 is 29.9 Å². The van der Waals surface area contributed by atoms with Crippen LogP contribution >= 0.6 is 0 Å². The van der Waals surface area contributed by atoms with E-state index in [0.717, 1.165) is 5.56 Å². The van der Waals surface area contributed by atoms with E-state index < -0.39 is 42.1 Å². The Bertz CT molecular complexity index is 1320. The highest BCUT2D eigenvalue weighted by Crippen LogP contribution is 2.46. The molecule has 5 atom stereocenters. The van der Waals surface area contributed by atoms with Gasteiger partial charge in [-0.3, -0.25) is 4.79 Å². The van der Waals surface area contributed by atoms with E-state index in [-0.39, 0.29) is 35.7 Å². The summed E-state index contributed by atoms with van der Waals surface area (Å²) in [5.74, 6) is -2.02. The van der Waals surface area contributed by atoms with Crippen LogP contribution < -0.4 is 0 Å². The largest absolute Gasteiger partial charge is 0.507 e. The highest BCUT2D eigenvalue weighted by molar-refractivity contribution is 6.16. The van der Waals surface area contributed by atoms with Gasteiger partial charge in [0.15, 0.2) is 6.10 Å². The van der Waals surface area contributed by atoms with Gasteiger partial charge in [-0.1, -0.05) is 36.4 Å². The quantitative estimate of drug-likeness (QED) is 0.411. The van der Waals surface area contributed by atoms with Crippen molar-refractivity contribution in [1.29, 1.82) is 0 Å². The van der Waals surface area contributed by atoms with Crippen LogP contribution in [0.15, 0.2) is 60.7 Å². The Morgan fingerprint density at radius 1 is 0.944 bits per heavy atom. The number of phenols is 2. The van der Waals surface area contributed by atoms with Crippen LogP contribution in [0.2, 0.25) is 0 Å². The number of rotatable bonds is 4. The Kier molecular flexibility index (Phi) is 6.26. The number of fused-ring (bicyclic) bond motifs is 2. The van der Waals surface area contributed by atoms with Gasteiger partial charge in [-0.15, -0.1) is 0 Å². The summed E-state index contributed by atoms with van der Waals surface area (Å²) in [5.41, 5.74) is 2.34. The topological polar surface area (TPSA) is 134 Å². The molecule has 1 saturated heterocycles. The van der Waals surface area contributed by atoms with E-state index in [4.69, 9.17) is 9.47 Å². The monoisotopic (exact) mass is 490 g/mol. The normalized spacial score (nSPS) is 25.1. The van der Waals surface area contributed by atoms with Crippen LogP contribution in [0, 0.1) is 6.92 Å². The molecule has 4 N–H and O–H groups in total. The fourth-order valence-electron chi connectivity index (χ4n) is 5.14. The third-order valence-corrected chi connectivity index (χ3v) is 6.89. The number of aliphatic hydroxyl groups is 2. The summed E-state index contributed by atoms with van der Waals surface area (Å²) in [6.07, 6.45) is -4.55. The number of carbonyl (C=O) groups is 2. The highest BCUT2D eigenvalue weighted by Gasteiger charge is 2.44. The predicted molar refractivity (Wildman–Crippen MR) is 128 cm³/mol. The molecule has 0 aromatic heterocycles. The molecule has 2 aliphatic rings. The second-order valence-electron chi connectivity index (χ2n) is 9.27. The maximum Gasteiger partial charge on any atom is 0.338 e. The number of hydrogen-bond donors (Lipinski definition) is 4. The lowest BCUT2D eigenvalue weighted by atomic mass is 9.73. The SMILES string of the molecule is Cc1cc(O)c2c(c1)[C@H](C[C@H]1OC[C@@H](OC(=O)c3ccccc3)[C@@H](O)[C@@H]1O)c1cccc(O)c1C2=O. The Hall–Kier alpha value is -3.72. The number of aromatic hydroxyl groups is 2. The van der Waals surface area contributed by atoms with Crippen molar-refractivity contribution in [2.45, 2.75) is 43.7 Å². The summed E-state index contributed by atoms with van der Waals surface area (Å²) < 4.78 is 11.3. The lowest BCUT2D eigenvalue weighted by molar-refractivity contribution is -0.189. The Labute approximate surface area is 207 Å². The third kappa shape index (κ3) is 4.13. The molecule has 0 saturated carbocycles. The molecule has 0 unspecified atom stereocenters. The number of phenolic OH excluding ortho intramolecular Hbond substituents is 2. The minimum Gasteiger partial charge on any atom is -0.507 e. The van der Waals surface area contributed by atoms with Crippen LogP contribution in [0.5, 0.6) is 11.5 Å². The fraction of sp³-hybridized carbons (Fsp3) is 0.286. The van der Waals surface area contributed by atoms with Gasteiger partial charge in [0.25, 0.3) is 0 Å². The molecule has 0 bridgehead atoms. The van der Waals surface area contributed by atoms with E-state index in [1.807, 2.05) is 0 Å². The summed E-state index contributed by atoms with van der Waals surface area (Å²) in [7, 11) is 0. The molecule has 0 spiro atoms. The summed E-state index contributed by atoms with van der Waals surface area (Å²) in [5, 5.41) is 42.7. The molecule has 1 heterocycles.